The van der Waals surface area contributed by atoms with E-state index in [2.05, 4.69) is 36.0 Å². The van der Waals surface area contributed by atoms with Crippen molar-refractivity contribution >= 4 is 0 Å². The van der Waals surface area contributed by atoms with E-state index in [1.54, 1.807) is 7.11 Å². The standard InChI is InChI=1S/C14H31N3O/c1-13(2)15-11-14-5-6-17(12-14)8-7-16(3)9-10-18-4/h13-15H,5-12H2,1-4H3. The quantitative estimate of drug-likeness (QED) is 0.664. The number of methoxy groups -OCH3 is 1. The minimum absolute atomic E-state index is 0.610. The summed E-state index contributed by atoms with van der Waals surface area (Å²) in [6.07, 6.45) is 1.35. The van der Waals surface area contributed by atoms with Crippen molar-refractivity contribution in [2.45, 2.75) is 26.3 Å². The van der Waals surface area contributed by atoms with Crippen LogP contribution in [-0.4, -0.2) is 75.9 Å². The van der Waals surface area contributed by atoms with E-state index in [1.807, 2.05) is 0 Å². The summed E-state index contributed by atoms with van der Waals surface area (Å²) in [4.78, 5) is 4.94. The maximum absolute atomic E-state index is 5.09. The van der Waals surface area contributed by atoms with Crippen LogP contribution in [0, 0.1) is 5.92 Å². The highest BCUT2D eigenvalue weighted by molar-refractivity contribution is 4.78. The molecule has 1 aliphatic heterocycles. The second kappa shape index (κ2) is 8.86. The third-order valence-corrected chi connectivity index (χ3v) is 3.66. The number of hydrogen-bond acceptors (Lipinski definition) is 4. The molecule has 108 valence electrons. The molecule has 0 aliphatic carbocycles. The summed E-state index contributed by atoms with van der Waals surface area (Å²) in [6, 6.07) is 0.610. The van der Waals surface area contributed by atoms with Gasteiger partial charge in [-0.2, -0.15) is 0 Å². The number of likely N-dealkylation sites (tertiary alicyclic amines) is 1. The summed E-state index contributed by atoms with van der Waals surface area (Å²) < 4.78 is 5.09. The van der Waals surface area contributed by atoms with Crippen molar-refractivity contribution in [3.05, 3.63) is 0 Å². The second-order valence-corrected chi connectivity index (χ2v) is 5.81. The van der Waals surface area contributed by atoms with E-state index in [0.717, 1.165) is 25.6 Å². The molecule has 18 heavy (non-hydrogen) atoms. The van der Waals surface area contributed by atoms with Gasteiger partial charge >= 0.3 is 0 Å². The van der Waals surface area contributed by atoms with Gasteiger partial charge < -0.3 is 19.9 Å². The molecule has 0 saturated carbocycles. The minimum atomic E-state index is 0.610. The Morgan fingerprint density at radius 2 is 2.17 bits per heavy atom. The molecule has 0 bridgehead atoms. The zero-order valence-electron chi connectivity index (χ0n) is 12.6. The molecule has 1 fully saturated rings. The molecular weight excluding hydrogens is 226 g/mol. The van der Waals surface area contributed by atoms with Gasteiger partial charge in [0.05, 0.1) is 6.61 Å². The fraction of sp³-hybridized carbons (Fsp3) is 1.00. The van der Waals surface area contributed by atoms with Gasteiger partial charge in [0.1, 0.15) is 0 Å². The molecule has 1 saturated heterocycles. The summed E-state index contributed by atoms with van der Waals surface area (Å²) in [5.74, 6) is 0.844. The normalized spacial score (nSPS) is 21.3. The summed E-state index contributed by atoms with van der Waals surface area (Å²) in [5.41, 5.74) is 0. The monoisotopic (exact) mass is 257 g/mol. The lowest BCUT2D eigenvalue weighted by molar-refractivity contribution is 0.153. The van der Waals surface area contributed by atoms with Crippen LogP contribution in [0.5, 0.6) is 0 Å². The highest BCUT2D eigenvalue weighted by Crippen LogP contribution is 2.15. The van der Waals surface area contributed by atoms with Crippen LogP contribution in [0.1, 0.15) is 20.3 Å². The molecule has 0 aromatic rings. The van der Waals surface area contributed by atoms with Crippen LogP contribution in [0.25, 0.3) is 0 Å². The van der Waals surface area contributed by atoms with Crippen molar-refractivity contribution in [2.75, 3.05) is 60.0 Å². The highest BCUT2D eigenvalue weighted by Gasteiger charge is 2.21. The highest BCUT2D eigenvalue weighted by atomic mass is 16.5. The SMILES string of the molecule is COCCN(C)CCN1CCC(CNC(C)C)C1. The van der Waals surface area contributed by atoms with Gasteiger partial charge in [-0.05, 0) is 32.5 Å². The predicted molar refractivity (Wildman–Crippen MR) is 77.1 cm³/mol. The minimum Gasteiger partial charge on any atom is -0.383 e. The third kappa shape index (κ3) is 6.69. The van der Waals surface area contributed by atoms with E-state index in [0.29, 0.717) is 6.04 Å². The third-order valence-electron chi connectivity index (χ3n) is 3.66. The van der Waals surface area contributed by atoms with E-state index >= 15 is 0 Å². The fourth-order valence-electron chi connectivity index (χ4n) is 2.36. The Hall–Kier alpha value is -0.160. The van der Waals surface area contributed by atoms with Crippen LogP contribution in [0.15, 0.2) is 0 Å². The van der Waals surface area contributed by atoms with Crippen molar-refractivity contribution in [2.24, 2.45) is 5.92 Å². The maximum Gasteiger partial charge on any atom is 0.0589 e. The maximum atomic E-state index is 5.09. The Kier molecular flexibility index (Phi) is 7.82. The Morgan fingerprint density at radius 3 is 2.83 bits per heavy atom. The first-order valence-electron chi connectivity index (χ1n) is 7.25. The van der Waals surface area contributed by atoms with Gasteiger partial charge in [-0.25, -0.2) is 0 Å². The predicted octanol–water partition coefficient (Wildman–Crippen LogP) is 0.885. The van der Waals surface area contributed by atoms with E-state index in [-0.39, 0.29) is 0 Å². The smallest absolute Gasteiger partial charge is 0.0589 e. The number of rotatable bonds is 9. The van der Waals surface area contributed by atoms with Crippen LogP contribution in [-0.2, 0) is 4.74 Å². The number of nitrogens with zero attached hydrogens (tertiary/aromatic N) is 2. The number of hydrogen-bond donors (Lipinski definition) is 1. The summed E-state index contributed by atoms with van der Waals surface area (Å²) in [5, 5.41) is 3.55. The molecule has 0 radical (unpaired) electrons. The second-order valence-electron chi connectivity index (χ2n) is 5.81. The van der Waals surface area contributed by atoms with Crippen molar-refractivity contribution in [3.8, 4) is 0 Å². The Balaban J connectivity index is 2.07. The summed E-state index contributed by atoms with van der Waals surface area (Å²) >= 11 is 0. The number of likely N-dealkylation sites (N-methyl/N-ethyl adjacent to an activating group) is 1. The zero-order valence-corrected chi connectivity index (χ0v) is 12.6. The first-order chi connectivity index (χ1) is 8.61. The topological polar surface area (TPSA) is 27.7 Å². The molecule has 1 N–H and O–H groups in total. The van der Waals surface area contributed by atoms with Gasteiger partial charge in [-0.3, -0.25) is 0 Å². The van der Waals surface area contributed by atoms with Gasteiger partial charge in [-0.1, -0.05) is 13.8 Å². The van der Waals surface area contributed by atoms with E-state index in [9.17, 15) is 0 Å². The molecule has 0 amide bonds. The molecule has 0 aromatic heterocycles. The van der Waals surface area contributed by atoms with Crippen LogP contribution in [0.4, 0.5) is 0 Å². The molecule has 1 aliphatic rings. The molecule has 1 atom stereocenters. The molecule has 4 nitrogen and oxygen atoms in total. The molecule has 0 spiro atoms. The molecule has 1 rings (SSSR count). The number of nitrogens with one attached hydrogen (secondary N) is 1. The lowest BCUT2D eigenvalue weighted by Gasteiger charge is -2.21. The Bertz CT molecular complexity index is 211. The van der Waals surface area contributed by atoms with Crippen LogP contribution < -0.4 is 5.32 Å². The Labute approximate surface area is 113 Å². The van der Waals surface area contributed by atoms with Crippen molar-refractivity contribution in [1.29, 1.82) is 0 Å². The first kappa shape index (κ1) is 15.9. The first-order valence-corrected chi connectivity index (χ1v) is 7.25. The van der Waals surface area contributed by atoms with Crippen LogP contribution >= 0.6 is 0 Å². The molecule has 4 heteroatoms. The van der Waals surface area contributed by atoms with Gasteiger partial charge in [0, 0.05) is 39.3 Å². The van der Waals surface area contributed by atoms with Gasteiger partial charge in [0.15, 0.2) is 0 Å². The lowest BCUT2D eigenvalue weighted by Crippen LogP contribution is -2.35. The summed E-state index contributed by atoms with van der Waals surface area (Å²) in [7, 11) is 3.94. The van der Waals surface area contributed by atoms with Crippen molar-refractivity contribution < 1.29 is 4.74 Å². The largest absolute Gasteiger partial charge is 0.383 e. The van der Waals surface area contributed by atoms with Gasteiger partial charge in [0.2, 0.25) is 0 Å². The van der Waals surface area contributed by atoms with Gasteiger partial charge in [0.25, 0.3) is 0 Å². The molecule has 1 heterocycles. The zero-order chi connectivity index (χ0) is 13.4. The van der Waals surface area contributed by atoms with Gasteiger partial charge in [-0.15, -0.1) is 0 Å². The molecule has 1 unspecified atom stereocenters. The van der Waals surface area contributed by atoms with E-state index in [4.69, 9.17) is 4.74 Å². The number of ether oxygens (including phenoxy) is 1. The van der Waals surface area contributed by atoms with Crippen molar-refractivity contribution in [3.63, 3.8) is 0 Å². The fourth-order valence-corrected chi connectivity index (χ4v) is 2.36. The average Bonchev–Trinajstić information content (AvgIpc) is 2.79. The van der Waals surface area contributed by atoms with Crippen LogP contribution in [0.3, 0.4) is 0 Å². The van der Waals surface area contributed by atoms with Crippen molar-refractivity contribution in [1.82, 2.24) is 15.1 Å². The lowest BCUT2D eigenvalue weighted by atomic mass is 10.1. The van der Waals surface area contributed by atoms with E-state index in [1.165, 1.54) is 32.6 Å². The molecular formula is C14H31N3O. The van der Waals surface area contributed by atoms with E-state index < -0.39 is 0 Å². The van der Waals surface area contributed by atoms with Crippen LogP contribution in [0.2, 0.25) is 0 Å². The Morgan fingerprint density at radius 1 is 1.39 bits per heavy atom. The summed E-state index contributed by atoms with van der Waals surface area (Å²) in [6.45, 7) is 12.3. The molecule has 0 aromatic carbocycles. The average molecular weight is 257 g/mol.